The van der Waals surface area contributed by atoms with Crippen molar-refractivity contribution in [3.05, 3.63) is 36.1 Å². The predicted molar refractivity (Wildman–Crippen MR) is 71.5 cm³/mol. The molecule has 0 atom stereocenters. The van der Waals surface area contributed by atoms with Gasteiger partial charge in [0.05, 0.1) is 12.8 Å². The molecule has 0 radical (unpaired) electrons. The first-order valence-electron chi connectivity index (χ1n) is 6.23. The standard InChI is InChI=1S/C14H18N2O2/c1-2-15-9-14(17)16-8-7-11-10-18-13-6-4-3-5-12(11)13/h3-6,10,15H,2,7-9H2,1H3,(H,16,17). The fraction of sp³-hybridized carbons (Fsp3) is 0.357. The first-order valence-corrected chi connectivity index (χ1v) is 6.23. The van der Waals surface area contributed by atoms with Crippen molar-refractivity contribution in [2.45, 2.75) is 13.3 Å². The normalized spacial score (nSPS) is 10.7. The van der Waals surface area contributed by atoms with Gasteiger partial charge in [0.25, 0.3) is 0 Å². The lowest BCUT2D eigenvalue weighted by atomic mass is 10.1. The quantitative estimate of drug-likeness (QED) is 0.815. The Kier molecular flexibility index (Phi) is 4.36. The Bertz CT molecular complexity index is 519. The zero-order valence-corrected chi connectivity index (χ0v) is 10.5. The molecule has 0 saturated carbocycles. The van der Waals surface area contributed by atoms with Gasteiger partial charge in [-0.3, -0.25) is 4.79 Å². The third kappa shape index (κ3) is 3.11. The molecule has 96 valence electrons. The van der Waals surface area contributed by atoms with Crippen LogP contribution < -0.4 is 10.6 Å². The maximum absolute atomic E-state index is 11.4. The topological polar surface area (TPSA) is 54.3 Å². The van der Waals surface area contributed by atoms with Gasteiger partial charge in [0.15, 0.2) is 0 Å². The number of likely N-dealkylation sites (N-methyl/N-ethyl adjacent to an activating group) is 1. The number of hydrogen-bond acceptors (Lipinski definition) is 3. The largest absolute Gasteiger partial charge is 0.464 e. The van der Waals surface area contributed by atoms with Crippen LogP contribution >= 0.6 is 0 Å². The number of furan rings is 1. The summed E-state index contributed by atoms with van der Waals surface area (Å²) < 4.78 is 5.45. The number of para-hydroxylation sites is 1. The maximum atomic E-state index is 11.4. The molecule has 2 N–H and O–H groups in total. The molecular weight excluding hydrogens is 228 g/mol. The highest BCUT2D eigenvalue weighted by Gasteiger charge is 2.05. The molecule has 18 heavy (non-hydrogen) atoms. The molecule has 0 bridgehead atoms. The number of nitrogens with one attached hydrogen (secondary N) is 2. The smallest absolute Gasteiger partial charge is 0.233 e. The van der Waals surface area contributed by atoms with E-state index in [1.54, 1.807) is 6.26 Å². The second-order valence-electron chi connectivity index (χ2n) is 4.14. The number of fused-ring (bicyclic) bond motifs is 1. The Morgan fingerprint density at radius 2 is 2.17 bits per heavy atom. The molecule has 0 aliphatic carbocycles. The fourth-order valence-corrected chi connectivity index (χ4v) is 1.86. The molecule has 0 unspecified atom stereocenters. The molecule has 1 amide bonds. The summed E-state index contributed by atoms with van der Waals surface area (Å²) in [4.78, 5) is 11.4. The van der Waals surface area contributed by atoms with Crippen molar-refractivity contribution in [1.29, 1.82) is 0 Å². The van der Waals surface area contributed by atoms with Crippen molar-refractivity contribution in [2.24, 2.45) is 0 Å². The van der Waals surface area contributed by atoms with Gasteiger partial charge in [-0.15, -0.1) is 0 Å². The highest BCUT2D eigenvalue weighted by Crippen LogP contribution is 2.20. The average molecular weight is 246 g/mol. The summed E-state index contributed by atoms with van der Waals surface area (Å²) in [7, 11) is 0. The van der Waals surface area contributed by atoms with E-state index in [4.69, 9.17) is 4.42 Å². The van der Waals surface area contributed by atoms with Crippen LogP contribution in [0.25, 0.3) is 11.0 Å². The third-order valence-corrected chi connectivity index (χ3v) is 2.81. The number of carbonyl (C=O) groups excluding carboxylic acids is 1. The van der Waals surface area contributed by atoms with Crippen LogP contribution in [0.15, 0.2) is 34.9 Å². The van der Waals surface area contributed by atoms with Gasteiger partial charge in [-0.2, -0.15) is 0 Å². The summed E-state index contributed by atoms with van der Waals surface area (Å²) >= 11 is 0. The van der Waals surface area contributed by atoms with Crippen molar-refractivity contribution in [1.82, 2.24) is 10.6 Å². The van der Waals surface area contributed by atoms with Crippen LogP contribution in [0.3, 0.4) is 0 Å². The molecule has 1 aromatic heterocycles. The molecule has 1 aromatic carbocycles. The Morgan fingerprint density at radius 3 is 3.00 bits per heavy atom. The molecular formula is C14H18N2O2. The molecule has 0 saturated heterocycles. The molecule has 1 heterocycles. The number of rotatable bonds is 6. The van der Waals surface area contributed by atoms with Gasteiger partial charge >= 0.3 is 0 Å². The molecule has 0 aliphatic rings. The minimum atomic E-state index is 0.0321. The molecule has 4 heteroatoms. The Hall–Kier alpha value is -1.81. The summed E-state index contributed by atoms with van der Waals surface area (Å²) in [5.41, 5.74) is 2.03. The van der Waals surface area contributed by atoms with Crippen molar-refractivity contribution in [3.63, 3.8) is 0 Å². The first-order chi connectivity index (χ1) is 8.81. The van der Waals surface area contributed by atoms with Crippen LogP contribution in [-0.2, 0) is 11.2 Å². The van der Waals surface area contributed by atoms with E-state index in [2.05, 4.69) is 10.6 Å². The number of amides is 1. The lowest BCUT2D eigenvalue weighted by molar-refractivity contribution is -0.120. The first kappa shape index (κ1) is 12.6. The van der Waals surface area contributed by atoms with Crippen LogP contribution in [0.4, 0.5) is 0 Å². The summed E-state index contributed by atoms with van der Waals surface area (Å²) in [5, 5.41) is 6.99. The minimum Gasteiger partial charge on any atom is -0.464 e. The number of hydrogen-bond donors (Lipinski definition) is 2. The van der Waals surface area contributed by atoms with Crippen LogP contribution in [0, 0.1) is 0 Å². The summed E-state index contributed by atoms with van der Waals surface area (Å²) in [6.07, 6.45) is 2.55. The van der Waals surface area contributed by atoms with E-state index < -0.39 is 0 Å². The highest BCUT2D eigenvalue weighted by atomic mass is 16.3. The highest BCUT2D eigenvalue weighted by molar-refractivity contribution is 5.81. The fourth-order valence-electron chi connectivity index (χ4n) is 1.86. The number of benzene rings is 1. The van der Waals surface area contributed by atoms with E-state index in [1.807, 2.05) is 31.2 Å². The zero-order chi connectivity index (χ0) is 12.8. The summed E-state index contributed by atoms with van der Waals surface area (Å²) in [6, 6.07) is 7.93. The van der Waals surface area contributed by atoms with Crippen molar-refractivity contribution in [3.8, 4) is 0 Å². The van der Waals surface area contributed by atoms with Gasteiger partial charge in [0.2, 0.25) is 5.91 Å². The second-order valence-corrected chi connectivity index (χ2v) is 4.14. The maximum Gasteiger partial charge on any atom is 0.233 e. The second kappa shape index (κ2) is 6.21. The summed E-state index contributed by atoms with van der Waals surface area (Å²) in [6.45, 7) is 3.79. The Morgan fingerprint density at radius 1 is 1.33 bits per heavy atom. The van der Waals surface area contributed by atoms with Crippen LogP contribution in [0.5, 0.6) is 0 Å². The molecule has 0 spiro atoms. The molecule has 2 rings (SSSR count). The molecule has 0 aliphatic heterocycles. The average Bonchev–Trinajstić information content (AvgIpc) is 2.80. The van der Waals surface area contributed by atoms with E-state index >= 15 is 0 Å². The van der Waals surface area contributed by atoms with Crippen molar-refractivity contribution in [2.75, 3.05) is 19.6 Å². The van der Waals surface area contributed by atoms with E-state index in [0.717, 1.165) is 29.5 Å². The molecule has 2 aromatic rings. The summed E-state index contributed by atoms with van der Waals surface area (Å²) in [5.74, 6) is 0.0321. The predicted octanol–water partition coefficient (Wildman–Crippen LogP) is 1.70. The van der Waals surface area contributed by atoms with E-state index in [1.165, 1.54) is 0 Å². The van der Waals surface area contributed by atoms with E-state index in [9.17, 15) is 4.79 Å². The van der Waals surface area contributed by atoms with Crippen LogP contribution in [-0.4, -0.2) is 25.5 Å². The van der Waals surface area contributed by atoms with Gasteiger partial charge < -0.3 is 15.1 Å². The van der Waals surface area contributed by atoms with Crippen LogP contribution in [0.2, 0.25) is 0 Å². The Labute approximate surface area is 106 Å². The minimum absolute atomic E-state index is 0.0321. The Balaban J connectivity index is 1.85. The van der Waals surface area contributed by atoms with E-state index in [-0.39, 0.29) is 5.91 Å². The SMILES string of the molecule is CCNCC(=O)NCCc1coc2ccccc12. The van der Waals surface area contributed by atoms with Gasteiger partial charge in [0.1, 0.15) is 5.58 Å². The lowest BCUT2D eigenvalue weighted by Gasteiger charge is -2.04. The van der Waals surface area contributed by atoms with Crippen LogP contribution in [0.1, 0.15) is 12.5 Å². The molecule has 4 nitrogen and oxygen atoms in total. The van der Waals surface area contributed by atoms with Crippen molar-refractivity contribution < 1.29 is 9.21 Å². The third-order valence-electron chi connectivity index (χ3n) is 2.81. The monoisotopic (exact) mass is 246 g/mol. The molecule has 0 fully saturated rings. The van der Waals surface area contributed by atoms with Crippen molar-refractivity contribution >= 4 is 16.9 Å². The lowest BCUT2D eigenvalue weighted by Crippen LogP contribution is -2.34. The zero-order valence-electron chi connectivity index (χ0n) is 10.5. The van der Waals surface area contributed by atoms with Gasteiger partial charge in [0, 0.05) is 11.9 Å². The van der Waals surface area contributed by atoms with E-state index in [0.29, 0.717) is 13.1 Å². The van der Waals surface area contributed by atoms with Gasteiger partial charge in [-0.1, -0.05) is 25.1 Å². The van der Waals surface area contributed by atoms with Gasteiger partial charge in [-0.05, 0) is 24.6 Å². The number of carbonyl (C=O) groups is 1. The van der Waals surface area contributed by atoms with Gasteiger partial charge in [-0.25, -0.2) is 0 Å².